The number of hydrogen-bond acceptors (Lipinski definition) is 3. The first kappa shape index (κ1) is 18.4. The van der Waals surface area contributed by atoms with Gasteiger partial charge < -0.3 is 14.4 Å². The Morgan fingerprint density at radius 2 is 1.78 bits per heavy atom. The Labute approximate surface area is 151 Å². The highest BCUT2D eigenvalue weighted by molar-refractivity contribution is 7.92. The summed E-state index contributed by atoms with van der Waals surface area (Å²) >= 11 is 5.02. The van der Waals surface area contributed by atoms with Crippen LogP contribution in [0.15, 0.2) is 52.3 Å². The Morgan fingerprint density at radius 1 is 1.09 bits per heavy atom. The smallest absolute Gasteiger partial charge is 0.182 e. The summed E-state index contributed by atoms with van der Waals surface area (Å²) in [5, 5.41) is 0.674. The van der Waals surface area contributed by atoms with E-state index in [4.69, 9.17) is 11.6 Å². The molecule has 0 bridgehead atoms. The van der Waals surface area contributed by atoms with Gasteiger partial charge in [0.25, 0.3) is 0 Å². The van der Waals surface area contributed by atoms with Crippen molar-refractivity contribution in [3.63, 3.8) is 0 Å². The average molecular weight is 371 g/mol. The summed E-state index contributed by atoms with van der Waals surface area (Å²) in [6.45, 7) is 1.89. The van der Waals surface area contributed by atoms with Crippen LogP contribution in [-0.4, -0.2) is 36.6 Å². The predicted octanol–water partition coefficient (Wildman–Crippen LogP) is 4.33. The van der Waals surface area contributed by atoms with Crippen LogP contribution in [0.25, 0.3) is 0 Å². The highest BCUT2D eigenvalue weighted by Gasteiger charge is 2.33. The third-order valence-corrected chi connectivity index (χ3v) is 5.48. The predicted molar refractivity (Wildman–Crippen MR) is 100.0 cm³/mol. The summed E-state index contributed by atoms with van der Waals surface area (Å²) in [5.41, 5.74) is 1.98. The average Bonchev–Trinajstić information content (AvgIpc) is 2.50. The van der Waals surface area contributed by atoms with Gasteiger partial charge in [0.2, 0.25) is 0 Å². The fourth-order valence-electron chi connectivity index (χ4n) is 2.73. The maximum Gasteiger partial charge on any atom is 0.182 e. The van der Waals surface area contributed by atoms with E-state index in [1.54, 1.807) is 0 Å². The van der Waals surface area contributed by atoms with Crippen LogP contribution >= 0.6 is 24.0 Å². The quantitative estimate of drug-likeness (QED) is 0.750. The number of rotatable bonds is 4. The normalized spacial score (nSPS) is 15.9. The van der Waals surface area contributed by atoms with Gasteiger partial charge in [-0.1, -0.05) is 23.7 Å². The lowest BCUT2D eigenvalue weighted by molar-refractivity contribution is 0.402. The second-order valence-electron chi connectivity index (χ2n) is 5.66. The monoisotopic (exact) mass is 370 g/mol. The van der Waals surface area contributed by atoms with Crippen molar-refractivity contribution in [1.29, 1.82) is 0 Å². The van der Waals surface area contributed by atoms with E-state index in [0.717, 1.165) is 40.7 Å². The summed E-state index contributed by atoms with van der Waals surface area (Å²) in [6, 6.07) is 13.5. The molecule has 2 aromatic rings. The molecule has 2 aromatic carbocycles. The Balaban J connectivity index is 0.00000192. The van der Waals surface area contributed by atoms with Crippen molar-refractivity contribution in [3.05, 3.63) is 47.5 Å². The molecule has 23 heavy (non-hydrogen) atoms. The summed E-state index contributed by atoms with van der Waals surface area (Å²) in [6.07, 6.45) is 1.03. The van der Waals surface area contributed by atoms with E-state index < -0.39 is 11.2 Å². The molecule has 1 aliphatic heterocycles. The van der Waals surface area contributed by atoms with E-state index in [1.807, 2.05) is 42.5 Å². The first-order valence-electron chi connectivity index (χ1n) is 7.30. The van der Waals surface area contributed by atoms with Gasteiger partial charge >= 0.3 is 0 Å². The molecular weight excluding hydrogens is 351 g/mol. The minimum Gasteiger partial charge on any atom is -0.606 e. The Bertz CT molecular complexity index is 681. The number of benzene rings is 2. The van der Waals surface area contributed by atoms with Crippen LogP contribution in [0.2, 0.25) is 5.02 Å². The highest BCUT2D eigenvalue weighted by atomic mass is 35.5. The van der Waals surface area contributed by atoms with Crippen molar-refractivity contribution >= 4 is 46.6 Å². The van der Waals surface area contributed by atoms with Crippen molar-refractivity contribution in [3.8, 4) is 0 Å². The van der Waals surface area contributed by atoms with Crippen molar-refractivity contribution in [2.24, 2.45) is 0 Å². The first-order chi connectivity index (χ1) is 10.6. The number of halogens is 2. The van der Waals surface area contributed by atoms with Gasteiger partial charge in [0, 0.05) is 22.7 Å². The van der Waals surface area contributed by atoms with Crippen LogP contribution in [0, 0.1) is 0 Å². The van der Waals surface area contributed by atoms with Crippen LogP contribution < -0.4 is 4.90 Å². The van der Waals surface area contributed by atoms with Gasteiger partial charge in [-0.15, -0.1) is 12.4 Å². The molecular formula is C17H20Cl2N2OS. The van der Waals surface area contributed by atoms with Gasteiger partial charge in [0.15, 0.2) is 9.79 Å². The Kier molecular flexibility index (Phi) is 6.23. The maximum atomic E-state index is 12.8. The lowest BCUT2D eigenvalue weighted by atomic mass is 10.2. The molecule has 1 aliphatic rings. The lowest BCUT2D eigenvalue weighted by Gasteiger charge is -2.33. The molecule has 0 saturated heterocycles. The zero-order valence-corrected chi connectivity index (χ0v) is 15.5. The molecule has 3 nitrogen and oxygen atoms in total. The number of nitrogens with zero attached hydrogens (tertiary/aromatic N) is 2. The fraction of sp³-hybridized carbons (Fsp3) is 0.294. The van der Waals surface area contributed by atoms with E-state index in [2.05, 4.69) is 23.9 Å². The van der Waals surface area contributed by atoms with E-state index in [-0.39, 0.29) is 12.4 Å². The molecule has 0 aliphatic carbocycles. The SMILES string of the molecule is CN(C)CCCN1c2ccccc2[S+]([O-])c2ccc(Cl)cc21.Cl. The molecule has 124 valence electrons. The van der Waals surface area contributed by atoms with Crippen LogP contribution in [0.3, 0.4) is 0 Å². The maximum absolute atomic E-state index is 12.8. The molecule has 1 heterocycles. The molecule has 0 N–H and O–H groups in total. The summed E-state index contributed by atoms with van der Waals surface area (Å²) in [4.78, 5) is 6.13. The molecule has 0 radical (unpaired) electrons. The number of hydrogen-bond donors (Lipinski definition) is 0. The lowest BCUT2D eigenvalue weighted by Crippen LogP contribution is -2.28. The fourth-order valence-corrected chi connectivity index (χ4v) is 4.25. The molecule has 0 amide bonds. The van der Waals surface area contributed by atoms with E-state index in [9.17, 15) is 4.55 Å². The topological polar surface area (TPSA) is 29.5 Å². The molecule has 0 saturated carbocycles. The van der Waals surface area contributed by atoms with Crippen molar-refractivity contribution < 1.29 is 4.55 Å². The second kappa shape index (κ2) is 7.77. The Hall–Kier alpha value is -0.910. The third kappa shape index (κ3) is 3.78. The molecule has 0 fully saturated rings. The minimum atomic E-state index is -1.14. The van der Waals surface area contributed by atoms with Crippen LogP contribution in [-0.2, 0) is 11.2 Å². The van der Waals surface area contributed by atoms with Gasteiger partial charge in [0.1, 0.15) is 0 Å². The van der Waals surface area contributed by atoms with Gasteiger partial charge in [-0.05, 0) is 57.4 Å². The van der Waals surface area contributed by atoms with Gasteiger partial charge in [0.05, 0.1) is 11.4 Å². The van der Waals surface area contributed by atoms with Gasteiger partial charge in [-0.3, -0.25) is 0 Å². The zero-order chi connectivity index (χ0) is 15.7. The molecule has 0 aromatic heterocycles. The number of fused-ring (bicyclic) bond motifs is 2. The highest BCUT2D eigenvalue weighted by Crippen LogP contribution is 2.44. The van der Waals surface area contributed by atoms with Crippen molar-refractivity contribution in [2.45, 2.75) is 16.2 Å². The van der Waals surface area contributed by atoms with Gasteiger partial charge in [-0.2, -0.15) is 0 Å². The zero-order valence-electron chi connectivity index (χ0n) is 13.2. The van der Waals surface area contributed by atoms with Crippen LogP contribution in [0.5, 0.6) is 0 Å². The minimum absolute atomic E-state index is 0. The van der Waals surface area contributed by atoms with Crippen LogP contribution in [0.4, 0.5) is 11.4 Å². The first-order valence-corrected chi connectivity index (χ1v) is 8.83. The second-order valence-corrected chi connectivity index (χ2v) is 7.51. The van der Waals surface area contributed by atoms with Crippen molar-refractivity contribution in [1.82, 2.24) is 4.90 Å². The molecule has 3 rings (SSSR count). The van der Waals surface area contributed by atoms with Crippen molar-refractivity contribution in [2.75, 3.05) is 32.1 Å². The van der Waals surface area contributed by atoms with E-state index >= 15 is 0 Å². The van der Waals surface area contributed by atoms with E-state index in [0.29, 0.717) is 5.02 Å². The van der Waals surface area contributed by atoms with Gasteiger partial charge in [-0.25, -0.2) is 0 Å². The summed E-state index contributed by atoms with van der Waals surface area (Å²) < 4.78 is 12.8. The van der Waals surface area contributed by atoms with Crippen LogP contribution in [0.1, 0.15) is 6.42 Å². The standard InChI is InChI=1S/C17H19ClN2OS.ClH/c1-19(2)10-5-11-20-14-6-3-4-7-16(14)22(21)17-9-8-13(18)12-15(17)20;/h3-4,6-9,12H,5,10-11H2,1-2H3;1H. The van der Waals surface area contributed by atoms with E-state index in [1.165, 1.54) is 0 Å². The third-order valence-electron chi connectivity index (χ3n) is 3.75. The largest absolute Gasteiger partial charge is 0.606 e. The molecule has 1 atom stereocenters. The molecule has 0 spiro atoms. The summed E-state index contributed by atoms with van der Waals surface area (Å²) in [5.74, 6) is 0. The Morgan fingerprint density at radius 3 is 2.52 bits per heavy atom. The molecule has 1 unspecified atom stereocenters. The summed E-state index contributed by atoms with van der Waals surface area (Å²) in [7, 11) is 4.15. The number of anilines is 2. The number of para-hydroxylation sites is 1. The molecule has 6 heteroatoms.